The summed E-state index contributed by atoms with van der Waals surface area (Å²) in [5.74, 6) is 0.635. The van der Waals surface area contributed by atoms with Crippen molar-refractivity contribution in [3.63, 3.8) is 0 Å². The highest BCUT2D eigenvalue weighted by Gasteiger charge is 2.34. The second-order valence-corrected chi connectivity index (χ2v) is 4.45. The van der Waals surface area contributed by atoms with E-state index in [1.54, 1.807) is 12.6 Å². The summed E-state index contributed by atoms with van der Waals surface area (Å²) in [6, 6.07) is 0.516. The fourth-order valence-electron chi connectivity index (χ4n) is 2.64. The number of fused-ring (bicyclic) bond motifs is 2. The monoisotopic (exact) mass is 212 g/mol. The molecule has 1 N–H and O–H groups in total. The third-order valence-corrected chi connectivity index (χ3v) is 3.53. The molecule has 2 nitrogen and oxygen atoms in total. The molecule has 0 radical (unpaired) electrons. The number of nitrogens with one attached hydrogen (secondary N) is 1. The molecule has 0 bridgehead atoms. The van der Waals surface area contributed by atoms with Gasteiger partial charge in [-0.25, -0.2) is 0 Å². The highest BCUT2D eigenvalue weighted by molar-refractivity contribution is 5.74. The topological polar surface area (TPSA) is 24.4 Å². The first-order valence-corrected chi connectivity index (χ1v) is 5.87. The van der Waals surface area contributed by atoms with E-state index in [9.17, 15) is 0 Å². The van der Waals surface area contributed by atoms with Gasteiger partial charge in [0.15, 0.2) is 0 Å². The van der Waals surface area contributed by atoms with Gasteiger partial charge in [-0.1, -0.05) is 29.9 Å². The zero-order valence-corrected chi connectivity index (χ0v) is 9.48. The summed E-state index contributed by atoms with van der Waals surface area (Å²) in [4.78, 5) is 4.02. The summed E-state index contributed by atoms with van der Waals surface area (Å²) in [5, 5.41) is 3.56. The Kier molecular flexibility index (Phi) is 2.28. The van der Waals surface area contributed by atoms with Crippen LogP contribution in [0.25, 0.3) is 0 Å². The van der Waals surface area contributed by atoms with E-state index < -0.39 is 0 Å². The van der Waals surface area contributed by atoms with Crippen molar-refractivity contribution in [1.82, 2.24) is 5.32 Å². The lowest BCUT2D eigenvalue weighted by atomic mass is 9.73. The lowest BCUT2D eigenvalue weighted by molar-refractivity contribution is 0.482. The zero-order chi connectivity index (χ0) is 11.0. The van der Waals surface area contributed by atoms with Gasteiger partial charge in [0.25, 0.3) is 0 Å². The first-order chi connectivity index (χ1) is 7.90. The van der Waals surface area contributed by atoms with Crippen molar-refractivity contribution >= 4 is 6.21 Å². The maximum atomic E-state index is 4.02. The maximum Gasteiger partial charge on any atom is 0.0545 e. The predicted octanol–water partition coefficient (Wildman–Crippen LogP) is 2.38. The zero-order valence-electron chi connectivity index (χ0n) is 9.48. The van der Waals surface area contributed by atoms with Gasteiger partial charge in [0.2, 0.25) is 0 Å². The molecule has 2 atom stereocenters. The van der Waals surface area contributed by atoms with Crippen LogP contribution in [-0.2, 0) is 0 Å². The molecule has 0 aromatic carbocycles. The minimum absolute atomic E-state index is 0.516. The number of nitrogens with zero attached hydrogens (tertiary/aromatic N) is 1. The van der Waals surface area contributed by atoms with E-state index in [1.165, 1.54) is 24.1 Å². The fraction of sp³-hybridized carbons (Fsp3) is 0.357. The first-order valence-electron chi connectivity index (χ1n) is 5.87. The van der Waals surface area contributed by atoms with Gasteiger partial charge in [0.05, 0.1) is 6.04 Å². The van der Waals surface area contributed by atoms with Crippen LogP contribution in [0.3, 0.4) is 0 Å². The van der Waals surface area contributed by atoms with E-state index in [1.807, 2.05) is 6.21 Å². The van der Waals surface area contributed by atoms with E-state index in [-0.39, 0.29) is 0 Å². The van der Waals surface area contributed by atoms with Gasteiger partial charge >= 0.3 is 0 Å². The SMILES string of the molecule is CN=CC=C1NC2C=C[C@H]2C2=C1C=CCC2. The van der Waals surface area contributed by atoms with Crippen LogP contribution in [0.1, 0.15) is 12.8 Å². The molecule has 3 rings (SSSR count). The number of hydrogen-bond acceptors (Lipinski definition) is 2. The quantitative estimate of drug-likeness (QED) is 0.524. The molecule has 0 saturated heterocycles. The van der Waals surface area contributed by atoms with E-state index in [4.69, 9.17) is 0 Å². The molecule has 2 aliphatic carbocycles. The summed E-state index contributed by atoms with van der Waals surface area (Å²) in [6.07, 6.45) is 15.4. The normalized spacial score (nSPS) is 33.7. The van der Waals surface area contributed by atoms with Gasteiger partial charge in [-0.2, -0.15) is 0 Å². The Morgan fingerprint density at radius 2 is 2.38 bits per heavy atom. The molecule has 1 unspecified atom stereocenters. The van der Waals surface area contributed by atoms with Gasteiger partial charge in [-0.05, 0) is 24.5 Å². The van der Waals surface area contributed by atoms with Crippen molar-refractivity contribution in [2.45, 2.75) is 18.9 Å². The molecule has 0 amide bonds. The Labute approximate surface area is 96.2 Å². The Bertz CT molecular complexity index is 449. The average Bonchev–Trinajstić information content (AvgIpc) is 2.28. The average molecular weight is 212 g/mol. The Morgan fingerprint density at radius 1 is 1.44 bits per heavy atom. The van der Waals surface area contributed by atoms with Crippen LogP contribution >= 0.6 is 0 Å². The lowest BCUT2D eigenvalue weighted by Crippen LogP contribution is -2.44. The first kappa shape index (κ1) is 9.64. The maximum absolute atomic E-state index is 4.02. The van der Waals surface area contributed by atoms with Gasteiger partial charge in [0.1, 0.15) is 0 Å². The summed E-state index contributed by atoms with van der Waals surface area (Å²) in [7, 11) is 1.80. The van der Waals surface area contributed by atoms with Crippen molar-refractivity contribution in [1.29, 1.82) is 0 Å². The second-order valence-electron chi connectivity index (χ2n) is 4.45. The Balaban J connectivity index is 2.03. The van der Waals surface area contributed by atoms with E-state index >= 15 is 0 Å². The molecule has 1 aliphatic heterocycles. The van der Waals surface area contributed by atoms with E-state index in [0.717, 1.165) is 0 Å². The summed E-state index contributed by atoms with van der Waals surface area (Å²) >= 11 is 0. The van der Waals surface area contributed by atoms with Crippen molar-refractivity contribution < 1.29 is 0 Å². The third-order valence-electron chi connectivity index (χ3n) is 3.53. The van der Waals surface area contributed by atoms with Crippen LogP contribution < -0.4 is 5.32 Å². The molecule has 0 aromatic rings. The molecule has 82 valence electrons. The summed E-state index contributed by atoms with van der Waals surface area (Å²) < 4.78 is 0. The van der Waals surface area contributed by atoms with Crippen LogP contribution in [0.15, 0.2) is 52.2 Å². The van der Waals surface area contributed by atoms with Crippen LogP contribution in [0, 0.1) is 5.92 Å². The molecule has 0 aromatic heterocycles. The van der Waals surface area contributed by atoms with Gasteiger partial charge in [-0.3, -0.25) is 4.99 Å². The Morgan fingerprint density at radius 3 is 3.12 bits per heavy atom. The number of allylic oxidation sites excluding steroid dienone is 3. The molecule has 0 fully saturated rings. The van der Waals surface area contributed by atoms with Crippen molar-refractivity contribution in [3.8, 4) is 0 Å². The largest absolute Gasteiger partial charge is 0.377 e. The molecular formula is C14H16N2. The standard InChI is InChI=1S/C14H16N2/c1-15-9-8-14-11-5-3-2-4-10(11)12-6-7-13(12)16-14/h3,5-9,12-13,16H,2,4H2,1H3/t12-,13?/m0/s1. The highest BCUT2D eigenvalue weighted by Crippen LogP contribution is 2.40. The van der Waals surface area contributed by atoms with Crippen molar-refractivity contribution in [2.24, 2.45) is 10.9 Å². The van der Waals surface area contributed by atoms with E-state index in [2.05, 4.69) is 40.7 Å². The van der Waals surface area contributed by atoms with E-state index in [0.29, 0.717) is 12.0 Å². The lowest BCUT2D eigenvalue weighted by Gasteiger charge is -2.41. The molecule has 1 heterocycles. The van der Waals surface area contributed by atoms with Crippen LogP contribution in [0.4, 0.5) is 0 Å². The van der Waals surface area contributed by atoms with Gasteiger partial charge in [0, 0.05) is 24.9 Å². The summed E-state index contributed by atoms with van der Waals surface area (Å²) in [5.41, 5.74) is 4.21. The highest BCUT2D eigenvalue weighted by atomic mass is 15.0. The number of rotatable bonds is 1. The van der Waals surface area contributed by atoms with Gasteiger partial charge in [-0.15, -0.1) is 0 Å². The smallest absolute Gasteiger partial charge is 0.0545 e. The molecule has 0 saturated carbocycles. The second kappa shape index (κ2) is 3.78. The summed E-state index contributed by atoms with van der Waals surface area (Å²) in [6.45, 7) is 0. The fourth-order valence-corrected chi connectivity index (χ4v) is 2.64. The molecular weight excluding hydrogens is 196 g/mol. The van der Waals surface area contributed by atoms with Crippen molar-refractivity contribution in [2.75, 3.05) is 7.05 Å². The number of aliphatic imine (C=N–C) groups is 1. The third kappa shape index (κ3) is 1.37. The molecule has 2 heteroatoms. The minimum atomic E-state index is 0.516. The number of hydrogen-bond donors (Lipinski definition) is 1. The molecule has 16 heavy (non-hydrogen) atoms. The van der Waals surface area contributed by atoms with Crippen LogP contribution in [0.5, 0.6) is 0 Å². The van der Waals surface area contributed by atoms with Gasteiger partial charge < -0.3 is 5.32 Å². The van der Waals surface area contributed by atoms with Crippen molar-refractivity contribution in [3.05, 3.63) is 47.2 Å². The predicted molar refractivity (Wildman–Crippen MR) is 67.5 cm³/mol. The Hall–Kier alpha value is -1.57. The van der Waals surface area contributed by atoms with Crippen LogP contribution in [0.2, 0.25) is 0 Å². The molecule has 3 aliphatic rings. The molecule has 0 spiro atoms. The minimum Gasteiger partial charge on any atom is -0.377 e. The van der Waals surface area contributed by atoms with Crippen LogP contribution in [-0.4, -0.2) is 19.3 Å².